The van der Waals surface area contributed by atoms with Gasteiger partial charge < -0.3 is 4.40 Å². The summed E-state index contributed by atoms with van der Waals surface area (Å²) in [5.74, 6) is 0.349. The van der Waals surface area contributed by atoms with Crippen LogP contribution in [-0.4, -0.2) is 4.40 Å². The molecule has 0 bridgehead atoms. The average molecular weight is 191 g/mol. The van der Waals surface area contributed by atoms with E-state index in [1.54, 1.807) is 6.07 Å². The molecule has 0 aliphatic carbocycles. The van der Waals surface area contributed by atoms with E-state index < -0.39 is 0 Å². The van der Waals surface area contributed by atoms with E-state index in [2.05, 4.69) is 19.9 Å². The maximum absolute atomic E-state index is 12.9. The second kappa shape index (κ2) is 3.45. The molecule has 2 heteroatoms. The molecule has 14 heavy (non-hydrogen) atoms. The SMILES string of the molecule is CCC(C)c1cc2ccc(F)cn2c1. The van der Waals surface area contributed by atoms with Crippen molar-refractivity contribution in [2.24, 2.45) is 0 Å². The highest BCUT2D eigenvalue weighted by atomic mass is 19.1. The Bertz CT molecular complexity index is 445. The summed E-state index contributed by atoms with van der Waals surface area (Å²) in [6.07, 6.45) is 4.63. The Kier molecular flexibility index (Phi) is 2.28. The van der Waals surface area contributed by atoms with Gasteiger partial charge in [-0.2, -0.15) is 0 Å². The number of rotatable bonds is 2. The number of hydrogen-bond donors (Lipinski definition) is 0. The molecule has 0 amide bonds. The molecule has 2 rings (SSSR count). The van der Waals surface area contributed by atoms with E-state index in [-0.39, 0.29) is 5.82 Å². The number of hydrogen-bond acceptors (Lipinski definition) is 0. The lowest BCUT2D eigenvalue weighted by Crippen LogP contribution is -1.87. The molecule has 0 radical (unpaired) electrons. The summed E-state index contributed by atoms with van der Waals surface area (Å²) in [7, 11) is 0. The van der Waals surface area contributed by atoms with Crippen molar-refractivity contribution in [2.45, 2.75) is 26.2 Å². The number of pyridine rings is 1. The van der Waals surface area contributed by atoms with Crippen LogP contribution in [0.1, 0.15) is 31.7 Å². The van der Waals surface area contributed by atoms with Crippen LogP contribution in [0, 0.1) is 5.82 Å². The molecular weight excluding hydrogens is 177 g/mol. The van der Waals surface area contributed by atoms with Crippen molar-refractivity contribution in [2.75, 3.05) is 0 Å². The highest BCUT2D eigenvalue weighted by Gasteiger charge is 2.06. The van der Waals surface area contributed by atoms with Gasteiger partial charge in [0, 0.05) is 17.9 Å². The maximum Gasteiger partial charge on any atom is 0.139 e. The molecule has 0 saturated carbocycles. The fourth-order valence-electron chi connectivity index (χ4n) is 1.61. The van der Waals surface area contributed by atoms with Gasteiger partial charge in [-0.3, -0.25) is 0 Å². The van der Waals surface area contributed by atoms with Crippen LogP contribution in [0.3, 0.4) is 0 Å². The molecule has 1 nitrogen and oxygen atoms in total. The summed E-state index contributed by atoms with van der Waals surface area (Å²) in [6.45, 7) is 4.35. The molecule has 0 saturated heterocycles. The zero-order valence-corrected chi connectivity index (χ0v) is 8.50. The molecule has 0 aliphatic heterocycles. The van der Waals surface area contributed by atoms with Crippen molar-refractivity contribution >= 4 is 5.52 Å². The Balaban J connectivity index is 2.51. The fourth-order valence-corrected chi connectivity index (χ4v) is 1.61. The smallest absolute Gasteiger partial charge is 0.139 e. The van der Waals surface area contributed by atoms with Crippen molar-refractivity contribution < 1.29 is 4.39 Å². The molecule has 1 unspecified atom stereocenters. The minimum absolute atomic E-state index is 0.191. The van der Waals surface area contributed by atoms with Crippen LogP contribution in [0.2, 0.25) is 0 Å². The fraction of sp³-hybridized carbons (Fsp3) is 0.333. The van der Waals surface area contributed by atoms with Gasteiger partial charge in [-0.1, -0.05) is 13.8 Å². The summed E-state index contributed by atoms with van der Waals surface area (Å²) in [4.78, 5) is 0. The average Bonchev–Trinajstić information content (AvgIpc) is 2.59. The van der Waals surface area contributed by atoms with Gasteiger partial charge in [-0.05, 0) is 36.1 Å². The third-order valence-corrected chi connectivity index (χ3v) is 2.76. The Hall–Kier alpha value is -1.31. The summed E-state index contributed by atoms with van der Waals surface area (Å²) >= 11 is 0. The summed E-state index contributed by atoms with van der Waals surface area (Å²) in [5, 5.41) is 0. The van der Waals surface area contributed by atoms with Crippen LogP contribution in [0.15, 0.2) is 30.6 Å². The Labute approximate surface area is 83.2 Å². The van der Waals surface area contributed by atoms with Crippen molar-refractivity contribution in [1.29, 1.82) is 0 Å². The number of nitrogens with zero attached hydrogens (tertiary/aromatic N) is 1. The lowest BCUT2D eigenvalue weighted by Gasteiger charge is -2.02. The van der Waals surface area contributed by atoms with Gasteiger partial charge in [-0.25, -0.2) is 4.39 Å². The van der Waals surface area contributed by atoms with Gasteiger partial charge in [0.25, 0.3) is 0 Å². The predicted molar refractivity (Wildman–Crippen MR) is 56.1 cm³/mol. The largest absolute Gasteiger partial charge is 0.321 e. The monoisotopic (exact) mass is 191 g/mol. The normalized spacial score (nSPS) is 13.4. The molecule has 0 spiro atoms. The van der Waals surface area contributed by atoms with Crippen LogP contribution in [0.5, 0.6) is 0 Å². The van der Waals surface area contributed by atoms with Gasteiger partial charge in [0.1, 0.15) is 5.82 Å². The first-order valence-corrected chi connectivity index (χ1v) is 4.98. The molecule has 2 aromatic heterocycles. The number of aromatic nitrogens is 1. The summed E-state index contributed by atoms with van der Waals surface area (Å²) in [5.41, 5.74) is 2.33. The first-order chi connectivity index (χ1) is 6.70. The highest BCUT2D eigenvalue weighted by Crippen LogP contribution is 2.21. The van der Waals surface area contributed by atoms with Crippen molar-refractivity contribution in [3.8, 4) is 0 Å². The van der Waals surface area contributed by atoms with Gasteiger partial charge >= 0.3 is 0 Å². The van der Waals surface area contributed by atoms with Crippen LogP contribution in [0.4, 0.5) is 4.39 Å². The molecule has 2 heterocycles. The second-order valence-corrected chi connectivity index (χ2v) is 3.76. The van der Waals surface area contributed by atoms with E-state index in [9.17, 15) is 4.39 Å². The molecule has 0 aromatic carbocycles. The van der Waals surface area contributed by atoms with Crippen LogP contribution in [0.25, 0.3) is 5.52 Å². The Morgan fingerprint density at radius 3 is 2.86 bits per heavy atom. The van der Waals surface area contributed by atoms with Gasteiger partial charge in [0.2, 0.25) is 0 Å². The molecule has 0 aliphatic rings. The van der Waals surface area contributed by atoms with Gasteiger partial charge in [0.05, 0.1) is 0 Å². The van der Waals surface area contributed by atoms with Crippen molar-refractivity contribution in [1.82, 2.24) is 4.40 Å². The molecule has 1 atom stereocenters. The zero-order valence-electron chi connectivity index (χ0n) is 8.50. The van der Waals surface area contributed by atoms with Gasteiger partial charge in [-0.15, -0.1) is 0 Å². The van der Waals surface area contributed by atoms with E-state index in [4.69, 9.17) is 0 Å². The molecular formula is C12H14FN. The zero-order chi connectivity index (χ0) is 10.1. The standard InChI is InChI=1S/C12H14FN/c1-3-9(2)10-6-12-5-4-11(13)8-14(12)7-10/h4-9H,3H2,1-2H3. The minimum Gasteiger partial charge on any atom is -0.321 e. The van der Waals surface area contributed by atoms with E-state index in [0.717, 1.165) is 11.9 Å². The first kappa shape index (κ1) is 9.25. The number of halogens is 1. The van der Waals surface area contributed by atoms with Gasteiger partial charge in [0.15, 0.2) is 0 Å². The lowest BCUT2D eigenvalue weighted by molar-refractivity contribution is 0.619. The molecule has 2 aromatic rings. The Morgan fingerprint density at radius 1 is 1.36 bits per heavy atom. The quantitative estimate of drug-likeness (QED) is 0.683. The maximum atomic E-state index is 12.9. The minimum atomic E-state index is -0.191. The van der Waals surface area contributed by atoms with Crippen molar-refractivity contribution in [3.63, 3.8) is 0 Å². The van der Waals surface area contributed by atoms with E-state index >= 15 is 0 Å². The molecule has 0 N–H and O–H groups in total. The first-order valence-electron chi connectivity index (χ1n) is 4.98. The van der Waals surface area contributed by atoms with E-state index in [1.165, 1.54) is 17.8 Å². The van der Waals surface area contributed by atoms with Crippen molar-refractivity contribution in [3.05, 3.63) is 42.0 Å². The summed E-state index contributed by atoms with van der Waals surface area (Å²) < 4.78 is 14.8. The third kappa shape index (κ3) is 1.52. The number of fused-ring (bicyclic) bond motifs is 1. The van der Waals surface area contributed by atoms with Crippen LogP contribution < -0.4 is 0 Å². The van der Waals surface area contributed by atoms with Crippen LogP contribution in [-0.2, 0) is 0 Å². The third-order valence-electron chi connectivity index (χ3n) is 2.76. The van der Waals surface area contributed by atoms with E-state index in [0.29, 0.717) is 5.92 Å². The summed E-state index contributed by atoms with van der Waals surface area (Å²) in [6, 6.07) is 5.42. The van der Waals surface area contributed by atoms with Crippen LogP contribution >= 0.6 is 0 Å². The molecule has 74 valence electrons. The van der Waals surface area contributed by atoms with E-state index in [1.807, 2.05) is 10.6 Å². The topological polar surface area (TPSA) is 4.41 Å². The lowest BCUT2D eigenvalue weighted by atomic mass is 10.0. The molecule has 0 fully saturated rings. The predicted octanol–water partition coefficient (Wildman–Crippen LogP) is 3.59. The Morgan fingerprint density at radius 2 is 2.14 bits per heavy atom. The second-order valence-electron chi connectivity index (χ2n) is 3.76. The highest BCUT2D eigenvalue weighted by molar-refractivity contribution is 5.51.